The van der Waals surface area contributed by atoms with Gasteiger partial charge in [-0.1, -0.05) is 5.16 Å². The zero-order valence-corrected chi connectivity index (χ0v) is 18.6. The molecule has 0 spiro atoms. The standard InChI is InChI=1S/C20H30N4O3S/c1-12-13(2)15(4)19(16(5)14(12)3)28(25,26)24-10-8-23(9-11-24)17(6)20-21-18(7)22-27-20/h17H,8-11H2,1-7H3. The Kier molecular flexibility index (Phi) is 5.67. The fourth-order valence-corrected chi connectivity index (χ4v) is 5.93. The van der Waals surface area contributed by atoms with E-state index in [1.807, 2.05) is 34.6 Å². The van der Waals surface area contributed by atoms with Crippen molar-refractivity contribution in [3.8, 4) is 0 Å². The van der Waals surface area contributed by atoms with E-state index in [9.17, 15) is 8.42 Å². The number of sulfonamides is 1. The van der Waals surface area contributed by atoms with Crippen LogP contribution in [0, 0.1) is 41.5 Å². The molecule has 1 unspecified atom stereocenters. The van der Waals surface area contributed by atoms with Crippen molar-refractivity contribution < 1.29 is 12.9 Å². The SMILES string of the molecule is Cc1noc(C(C)N2CCN(S(=O)(=O)c3c(C)c(C)c(C)c(C)c3C)CC2)n1. The first-order valence-corrected chi connectivity index (χ1v) is 11.1. The van der Waals surface area contributed by atoms with Crippen LogP contribution in [-0.2, 0) is 10.0 Å². The number of aryl methyl sites for hydroxylation is 1. The van der Waals surface area contributed by atoms with Crippen LogP contribution in [0.5, 0.6) is 0 Å². The summed E-state index contributed by atoms with van der Waals surface area (Å²) < 4.78 is 33.8. The summed E-state index contributed by atoms with van der Waals surface area (Å²) in [6.45, 7) is 15.8. The molecule has 8 heteroatoms. The van der Waals surface area contributed by atoms with Gasteiger partial charge in [0, 0.05) is 26.2 Å². The lowest BCUT2D eigenvalue weighted by Gasteiger charge is -2.36. The summed E-state index contributed by atoms with van der Waals surface area (Å²) in [5, 5.41) is 3.85. The predicted octanol–water partition coefficient (Wildman–Crippen LogP) is 2.99. The molecule has 0 radical (unpaired) electrons. The summed E-state index contributed by atoms with van der Waals surface area (Å²) in [5.41, 5.74) is 5.00. The lowest BCUT2D eigenvalue weighted by atomic mass is 9.95. The Labute approximate surface area is 167 Å². The summed E-state index contributed by atoms with van der Waals surface area (Å²) in [5.74, 6) is 1.18. The van der Waals surface area contributed by atoms with Crippen LogP contribution < -0.4 is 0 Å². The van der Waals surface area contributed by atoms with Crippen LogP contribution in [0.15, 0.2) is 9.42 Å². The smallest absolute Gasteiger partial charge is 0.243 e. The van der Waals surface area contributed by atoms with Gasteiger partial charge >= 0.3 is 0 Å². The second kappa shape index (κ2) is 7.57. The van der Waals surface area contributed by atoms with E-state index >= 15 is 0 Å². The highest BCUT2D eigenvalue weighted by molar-refractivity contribution is 7.89. The number of hydrogen-bond acceptors (Lipinski definition) is 6. The van der Waals surface area contributed by atoms with E-state index in [1.165, 1.54) is 5.56 Å². The lowest BCUT2D eigenvalue weighted by molar-refractivity contribution is 0.124. The molecule has 3 rings (SSSR count). The maximum Gasteiger partial charge on any atom is 0.243 e. The first kappa shape index (κ1) is 21.0. The maximum atomic E-state index is 13.5. The van der Waals surface area contributed by atoms with Gasteiger partial charge < -0.3 is 4.52 Å². The third-order valence-electron chi connectivity index (χ3n) is 6.25. The molecule has 154 valence electrons. The molecule has 1 aromatic carbocycles. The first-order chi connectivity index (χ1) is 13.1. The van der Waals surface area contributed by atoms with E-state index in [0.717, 1.165) is 22.3 Å². The van der Waals surface area contributed by atoms with Crippen LogP contribution in [0.25, 0.3) is 0 Å². The van der Waals surface area contributed by atoms with Gasteiger partial charge in [0.25, 0.3) is 0 Å². The molecule has 0 N–H and O–H groups in total. The van der Waals surface area contributed by atoms with Crippen molar-refractivity contribution in [1.29, 1.82) is 0 Å². The zero-order chi connectivity index (χ0) is 20.8. The monoisotopic (exact) mass is 406 g/mol. The Balaban J connectivity index is 1.83. The fraction of sp³-hybridized carbons (Fsp3) is 0.600. The van der Waals surface area contributed by atoms with Gasteiger partial charge in [0.05, 0.1) is 10.9 Å². The van der Waals surface area contributed by atoms with Crippen molar-refractivity contribution in [2.75, 3.05) is 26.2 Å². The van der Waals surface area contributed by atoms with Crippen molar-refractivity contribution in [2.45, 2.75) is 59.4 Å². The highest BCUT2D eigenvalue weighted by atomic mass is 32.2. The second-order valence-corrected chi connectivity index (χ2v) is 9.62. The Morgan fingerprint density at radius 1 is 0.857 bits per heavy atom. The topological polar surface area (TPSA) is 79.5 Å². The molecule has 1 atom stereocenters. The number of hydrogen-bond donors (Lipinski definition) is 0. The van der Waals surface area contributed by atoms with Crippen LogP contribution in [-0.4, -0.2) is 53.9 Å². The molecule has 1 fully saturated rings. The molecule has 1 aliphatic heterocycles. The second-order valence-electron chi connectivity index (χ2n) is 7.75. The van der Waals surface area contributed by atoms with E-state index in [4.69, 9.17) is 4.52 Å². The molecule has 0 aliphatic carbocycles. The van der Waals surface area contributed by atoms with Crippen LogP contribution in [0.1, 0.15) is 52.5 Å². The van der Waals surface area contributed by atoms with Crippen LogP contribution >= 0.6 is 0 Å². The van der Waals surface area contributed by atoms with Crippen LogP contribution in [0.2, 0.25) is 0 Å². The van der Waals surface area contributed by atoms with E-state index < -0.39 is 10.0 Å². The Morgan fingerprint density at radius 3 is 1.82 bits per heavy atom. The van der Waals surface area contributed by atoms with Crippen molar-refractivity contribution >= 4 is 10.0 Å². The number of aromatic nitrogens is 2. The molecular weight excluding hydrogens is 376 g/mol. The van der Waals surface area contributed by atoms with Crippen molar-refractivity contribution in [2.24, 2.45) is 0 Å². The Morgan fingerprint density at radius 2 is 1.36 bits per heavy atom. The van der Waals surface area contributed by atoms with Gasteiger partial charge in [0.2, 0.25) is 15.9 Å². The molecule has 2 aromatic rings. The summed E-state index contributed by atoms with van der Waals surface area (Å²) in [6, 6.07) is -0.0293. The van der Waals surface area contributed by atoms with Crippen molar-refractivity contribution in [3.05, 3.63) is 39.5 Å². The van der Waals surface area contributed by atoms with Crippen LogP contribution in [0.3, 0.4) is 0 Å². The Hall–Kier alpha value is -1.77. The van der Waals surface area contributed by atoms with E-state index in [0.29, 0.717) is 42.8 Å². The minimum absolute atomic E-state index is 0.0293. The van der Waals surface area contributed by atoms with Gasteiger partial charge in [-0.05, 0) is 76.3 Å². The summed E-state index contributed by atoms with van der Waals surface area (Å²) in [6.07, 6.45) is 0. The first-order valence-electron chi connectivity index (χ1n) is 9.67. The summed E-state index contributed by atoms with van der Waals surface area (Å²) in [4.78, 5) is 6.96. The third kappa shape index (κ3) is 3.49. The molecule has 0 saturated carbocycles. The average Bonchev–Trinajstić information content (AvgIpc) is 3.10. The van der Waals surface area contributed by atoms with Gasteiger partial charge in [0.1, 0.15) is 0 Å². The number of piperazine rings is 1. The third-order valence-corrected chi connectivity index (χ3v) is 8.42. The van der Waals surface area contributed by atoms with Gasteiger partial charge in [0.15, 0.2) is 5.82 Å². The molecule has 28 heavy (non-hydrogen) atoms. The molecule has 0 amide bonds. The minimum atomic E-state index is -3.54. The van der Waals surface area contributed by atoms with Gasteiger partial charge in [-0.15, -0.1) is 0 Å². The quantitative estimate of drug-likeness (QED) is 0.777. The van der Waals surface area contributed by atoms with Crippen molar-refractivity contribution in [3.63, 3.8) is 0 Å². The molecule has 0 bridgehead atoms. The van der Waals surface area contributed by atoms with Crippen LogP contribution in [0.4, 0.5) is 0 Å². The molecule has 1 saturated heterocycles. The predicted molar refractivity (Wildman–Crippen MR) is 108 cm³/mol. The molecule has 7 nitrogen and oxygen atoms in total. The normalized spacial score (nSPS) is 17.8. The summed E-state index contributed by atoms with van der Waals surface area (Å²) in [7, 11) is -3.54. The highest BCUT2D eigenvalue weighted by Crippen LogP contribution is 2.32. The van der Waals surface area contributed by atoms with Gasteiger partial charge in [-0.3, -0.25) is 4.90 Å². The van der Waals surface area contributed by atoms with E-state index in [2.05, 4.69) is 22.0 Å². The average molecular weight is 407 g/mol. The highest BCUT2D eigenvalue weighted by Gasteiger charge is 2.34. The number of rotatable bonds is 4. The molecule has 2 heterocycles. The lowest BCUT2D eigenvalue weighted by Crippen LogP contribution is -2.49. The summed E-state index contributed by atoms with van der Waals surface area (Å²) >= 11 is 0. The number of benzene rings is 1. The minimum Gasteiger partial charge on any atom is -0.338 e. The molecular formula is C20H30N4O3S. The Bertz CT molecular complexity index is 960. The molecule has 1 aliphatic rings. The van der Waals surface area contributed by atoms with Crippen molar-refractivity contribution in [1.82, 2.24) is 19.3 Å². The molecule has 1 aromatic heterocycles. The maximum absolute atomic E-state index is 13.5. The van der Waals surface area contributed by atoms with E-state index in [1.54, 1.807) is 11.2 Å². The van der Waals surface area contributed by atoms with Gasteiger partial charge in [-0.2, -0.15) is 9.29 Å². The van der Waals surface area contributed by atoms with Gasteiger partial charge in [-0.25, -0.2) is 8.42 Å². The largest absolute Gasteiger partial charge is 0.338 e. The fourth-order valence-electron chi connectivity index (χ4n) is 3.95. The number of nitrogens with zero attached hydrogens (tertiary/aromatic N) is 4. The van der Waals surface area contributed by atoms with E-state index in [-0.39, 0.29) is 6.04 Å². The zero-order valence-electron chi connectivity index (χ0n) is 17.8.